The summed E-state index contributed by atoms with van der Waals surface area (Å²) in [7, 11) is 1.94. The number of nitrogens with one attached hydrogen (secondary N) is 1. The molecule has 0 fully saturated rings. The summed E-state index contributed by atoms with van der Waals surface area (Å²) in [5, 5.41) is 9.69. The predicted octanol–water partition coefficient (Wildman–Crippen LogP) is 3.66. The summed E-state index contributed by atoms with van der Waals surface area (Å²) < 4.78 is 3.96. The van der Waals surface area contributed by atoms with Gasteiger partial charge in [0.1, 0.15) is 5.69 Å². The topological polar surface area (TPSA) is 51.9 Å². The van der Waals surface area contributed by atoms with Crippen molar-refractivity contribution in [2.75, 3.05) is 6.54 Å². The van der Waals surface area contributed by atoms with Crippen LogP contribution in [0.3, 0.4) is 0 Å². The van der Waals surface area contributed by atoms with Crippen LogP contribution in [-0.4, -0.2) is 26.8 Å². The van der Waals surface area contributed by atoms with E-state index in [9.17, 15) is 4.79 Å². The second kappa shape index (κ2) is 6.67. The summed E-state index contributed by atoms with van der Waals surface area (Å²) in [5.74, 6) is -0.0339. The van der Waals surface area contributed by atoms with Crippen LogP contribution in [0.1, 0.15) is 22.5 Å². The molecule has 2 heterocycles. The molecule has 0 bridgehead atoms. The van der Waals surface area contributed by atoms with Gasteiger partial charge in [0.15, 0.2) is 0 Å². The Morgan fingerprint density at radius 2 is 1.92 bits per heavy atom. The molecule has 1 N–H and O–H groups in total. The lowest BCUT2D eigenvalue weighted by Gasteiger charge is -2.08. The Morgan fingerprint density at radius 1 is 1.12 bits per heavy atom. The molecule has 1 amide bonds. The highest BCUT2D eigenvalue weighted by Crippen LogP contribution is 2.22. The maximum absolute atomic E-state index is 12.6. The SMILES string of the molecule is Cc1cccc2cc(C(=O)NCCCn3ncc4ccccc43)n(C)c12. The van der Waals surface area contributed by atoms with Crippen LogP contribution in [0.4, 0.5) is 0 Å². The van der Waals surface area contributed by atoms with Gasteiger partial charge in [-0.15, -0.1) is 0 Å². The van der Waals surface area contributed by atoms with Crippen LogP contribution in [0.2, 0.25) is 0 Å². The van der Waals surface area contributed by atoms with Crippen LogP contribution in [0.15, 0.2) is 54.7 Å². The molecule has 4 rings (SSSR count). The van der Waals surface area contributed by atoms with Crippen LogP contribution >= 0.6 is 0 Å². The first kappa shape index (κ1) is 16.4. The molecule has 0 saturated carbocycles. The number of aryl methyl sites for hydroxylation is 3. The Balaban J connectivity index is 1.40. The molecule has 0 spiro atoms. The van der Waals surface area contributed by atoms with Gasteiger partial charge in [-0.2, -0.15) is 5.10 Å². The van der Waals surface area contributed by atoms with Gasteiger partial charge >= 0.3 is 0 Å². The summed E-state index contributed by atoms with van der Waals surface area (Å²) in [6.07, 6.45) is 2.71. The minimum atomic E-state index is -0.0339. The molecule has 0 aliphatic carbocycles. The number of benzene rings is 2. The van der Waals surface area contributed by atoms with Crippen molar-refractivity contribution in [3.05, 3.63) is 66.0 Å². The molecule has 132 valence electrons. The monoisotopic (exact) mass is 346 g/mol. The van der Waals surface area contributed by atoms with Gasteiger partial charge in [-0.25, -0.2) is 0 Å². The lowest BCUT2D eigenvalue weighted by molar-refractivity contribution is 0.0945. The van der Waals surface area contributed by atoms with E-state index in [4.69, 9.17) is 0 Å². The molecular weight excluding hydrogens is 324 g/mol. The molecule has 0 saturated heterocycles. The molecule has 26 heavy (non-hydrogen) atoms. The lowest BCUT2D eigenvalue weighted by Crippen LogP contribution is -2.27. The van der Waals surface area contributed by atoms with E-state index in [1.165, 1.54) is 5.56 Å². The van der Waals surface area contributed by atoms with Crippen LogP contribution in [0.25, 0.3) is 21.8 Å². The molecule has 2 aromatic heterocycles. The fraction of sp³-hybridized carbons (Fsp3) is 0.238. The Morgan fingerprint density at radius 3 is 2.77 bits per heavy atom. The van der Waals surface area contributed by atoms with E-state index in [1.807, 2.05) is 52.8 Å². The molecule has 5 nitrogen and oxygen atoms in total. The number of carbonyl (C=O) groups is 1. The number of rotatable bonds is 5. The number of fused-ring (bicyclic) bond motifs is 2. The van der Waals surface area contributed by atoms with Crippen molar-refractivity contribution in [1.82, 2.24) is 19.7 Å². The number of para-hydroxylation sites is 2. The molecule has 0 aliphatic rings. The zero-order valence-corrected chi connectivity index (χ0v) is 15.1. The summed E-state index contributed by atoms with van der Waals surface area (Å²) in [6, 6.07) is 16.2. The van der Waals surface area contributed by atoms with E-state index in [2.05, 4.69) is 35.5 Å². The highest BCUT2D eigenvalue weighted by Gasteiger charge is 2.14. The minimum Gasteiger partial charge on any atom is -0.351 e. The first-order chi connectivity index (χ1) is 12.6. The molecular formula is C21H22N4O. The number of amides is 1. The van der Waals surface area contributed by atoms with Crippen LogP contribution in [0, 0.1) is 6.92 Å². The summed E-state index contributed by atoms with van der Waals surface area (Å²) >= 11 is 0. The maximum Gasteiger partial charge on any atom is 0.267 e. The minimum absolute atomic E-state index is 0.0339. The fourth-order valence-corrected chi connectivity index (χ4v) is 3.56. The Labute approximate surface area is 152 Å². The number of hydrogen-bond acceptors (Lipinski definition) is 2. The van der Waals surface area contributed by atoms with Gasteiger partial charge in [0, 0.05) is 30.9 Å². The van der Waals surface area contributed by atoms with Gasteiger partial charge in [0.2, 0.25) is 0 Å². The molecule has 0 unspecified atom stereocenters. The number of nitrogens with zero attached hydrogens (tertiary/aromatic N) is 3. The van der Waals surface area contributed by atoms with Crippen molar-refractivity contribution >= 4 is 27.7 Å². The van der Waals surface area contributed by atoms with Gasteiger partial charge < -0.3 is 9.88 Å². The average molecular weight is 346 g/mol. The van der Waals surface area contributed by atoms with Gasteiger partial charge in [0.05, 0.1) is 17.2 Å². The van der Waals surface area contributed by atoms with Crippen LogP contribution in [-0.2, 0) is 13.6 Å². The van der Waals surface area contributed by atoms with E-state index in [1.54, 1.807) is 0 Å². The van der Waals surface area contributed by atoms with Gasteiger partial charge in [-0.1, -0.05) is 36.4 Å². The highest BCUT2D eigenvalue weighted by atomic mass is 16.1. The second-order valence-electron chi connectivity index (χ2n) is 6.64. The van der Waals surface area contributed by atoms with E-state index in [0.29, 0.717) is 12.2 Å². The zero-order chi connectivity index (χ0) is 18.1. The summed E-state index contributed by atoms with van der Waals surface area (Å²) in [4.78, 5) is 12.6. The molecule has 4 aromatic rings. The molecule has 0 aliphatic heterocycles. The van der Waals surface area contributed by atoms with E-state index in [0.717, 1.165) is 34.8 Å². The van der Waals surface area contributed by atoms with Crippen molar-refractivity contribution in [3.63, 3.8) is 0 Å². The first-order valence-corrected chi connectivity index (χ1v) is 8.89. The lowest BCUT2D eigenvalue weighted by atomic mass is 10.2. The standard InChI is InChI=1S/C21H22N4O/c1-15-7-5-9-16-13-19(24(2)20(15)16)21(26)22-11-6-12-25-18-10-4-3-8-17(18)14-23-25/h3-5,7-10,13-14H,6,11-12H2,1-2H3,(H,22,26). The normalized spacial score (nSPS) is 11.3. The molecule has 5 heteroatoms. The quantitative estimate of drug-likeness (QED) is 0.561. The first-order valence-electron chi connectivity index (χ1n) is 8.89. The van der Waals surface area contributed by atoms with E-state index in [-0.39, 0.29) is 5.91 Å². The molecule has 2 aromatic carbocycles. The molecule has 0 radical (unpaired) electrons. The molecule has 0 atom stereocenters. The smallest absolute Gasteiger partial charge is 0.267 e. The zero-order valence-electron chi connectivity index (χ0n) is 15.1. The third-order valence-electron chi connectivity index (χ3n) is 4.87. The summed E-state index contributed by atoms with van der Waals surface area (Å²) in [5.41, 5.74) is 4.11. The van der Waals surface area contributed by atoms with Crippen molar-refractivity contribution < 1.29 is 4.79 Å². The predicted molar refractivity (Wildman–Crippen MR) is 104 cm³/mol. The number of carbonyl (C=O) groups excluding carboxylic acids is 1. The second-order valence-corrected chi connectivity index (χ2v) is 6.64. The Kier molecular flexibility index (Phi) is 4.21. The largest absolute Gasteiger partial charge is 0.351 e. The van der Waals surface area contributed by atoms with E-state index < -0.39 is 0 Å². The Hall–Kier alpha value is -3.08. The van der Waals surface area contributed by atoms with Crippen LogP contribution < -0.4 is 5.32 Å². The number of aromatic nitrogens is 3. The maximum atomic E-state index is 12.6. The van der Waals surface area contributed by atoms with Crippen molar-refractivity contribution in [3.8, 4) is 0 Å². The van der Waals surface area contributed by atoms with Gasteiger partial charge in [-0.05, 0) is 31.0 Å². The highest BCUT2D eigenvalue weighted by molar-refractivity contribution is 5.99. The third kappa shape index (κ3) is 2.86. The number of hydrogen-bond donors (Lipinski definition) is 1. The Bertz CT molecular complexity index is 1090. The van der Waals surface area contributed by atoms with Gasteiger partial charge in [-0.3, -0.25) is 9.48 Å². The van der Waals surface area contributed by atoms with E-state index >= 15 is 0 Å². The summed E-state index contributed by atoms with van der Waals surface area (Å²) in [6.45, 7) is 3.47. The van der Waals surface area contributed by atoms with Crippen molar-refractivity contribution in [2.45, 2.75) is 19.9 Å². The van der Waals surface area contributed by atoms with Gasteiger partial charge in [0.25, 0.3) is 5.91 Å². The average Bonchev–Trinajstić information content (AvgIpc) is 3.21. The van der Waals surface area contributed by atoms with Crippen molar-refractivity contribution in [1.29, 1.82) is 0 Å². The fourth-order valence-electron chi connectivity index (χ4n) is 3.56. The third-order valence-corrected chi connectivity index (χ3v) is 4.87. The van der Waals surface area contributed by atoms with Crippen LogP contribution in [0.5, 0.6) is 0 Å². The van der Waals surface area contributed by atoms with Crippen molar-refractivity contribution in [2.24, 2.45) is 7.05 Å².